The summed E-state index contributed by atoms with van der Waals surface area (Å²) in [5, 5.41) is 0. The van der Waals surface area contributed by atoms with Crippen molar-refractivity contribution in [2.24, 2.45) is 0 Å². The lowest BCUT2D eigenvalue weighted by Crippen LogP contribution is -1.78. The maximum atomic E-state index is 4.16. The number of benzene rings is 1. The second-order valence-corrected chi connectivity index (χ2v) is 2.97. The number of rotatable bonds is 1. The van der Waals surface area contributed by atoms with Gasteiger partial charge in [-0.05, 0) is 24.1 Å². The van der Waals surface area contributed by atoms with Crippen LogP contribution >= 0.6 is 11.7 Å². The molecule has 0 saturated heterocycles. The van der Waals surface area contributed by atoms with E-state index < -0.39 is 0 Å². The van der Waals surface area contributed by atoms with Crippen LogP contribution < -0.4 is 0 Å². The van der Waals surface area contributed by atoms with Gasteiger partial charge < -0.3 is 0 Å². The van der Waals surface area contributed by atoms with E-state index in [1.54, 1.807) is 0 Å². The Morgan fingerprint density at radius 1 is 1.00 bits per heavy atom. The minimum atomic E-state index is 1.01. The molecular formula is C12H20N2S. The highest BCUT2D eigenvalue weighted by Gasteiger charge is 1.97. The molecule has 0 bridgehead atoms. The van der Waals surface area contributed by atoms with E-state index in [1.807, 2.05) is 33.8 Å². The zero-order valence-electron chi connectivity index (χ0n) is 10.2. The second-order valence-electron chi connectivity index (χ2n) is 2.44. The van der Waals surface area contributed by atoms with E-state index in [2.05, 4.69) is 27.8 Å². The fraction of sp³-hybridized carbons (Fsp3) is 0.500. The Morgan fingerprint density at radius 2 is 1.60 bits per heavy atom. The average molecular weight is 224 g/mol. The monoisotopic (exact) mass is 224 g/mol. The molecule has 0 fully saturated rings. The van der Waals surface area contributed by atoms with Crippen LogP contribution in [0.25, 0.3) is 11.0 Å². The number of nitrogens with zero attached hydrogens (tertiary/aromatic N) is 2. The van der Waals surface area contributed by atoms with Crippen molar-refractivity contribution in [2.45, 2.75) is 41.0 Å². The number of hydrogen-bond acceptors (Lipinski definition) is 3. The van der Waals surface area contributed by atoms with Gasteiger partial charge in [0.25, 0.3) is 0 Å². The van der Waals surface area contributed by atoms with Crippen LogP contribution in [0.15, 0.2) is 18.2 Å². The summed E-state index contributed by atoms with van der Waals surface area (Å²) in [6.07, 6.45) is 1.06. The van der Waals surface area contributed by atoms with Crippen LogP contribution in [0.4, 0.5) is 0 Å². The van der Waals surface area contributed by atoms with E-state index in [-0.39, 0.29) is 0 Å². The van der Waals surface area contributed by atoms with E-state index in [1.165, 1.54) is 17.3 Å². The molecule has 0 aliphatic carbocycles. The largest absolute Gasteiger partial charge is 0.173 e. The van der Waals surface area contributed by atoms with Crippen molar-refractivity contribution in [1.29, 1.82) is 0 Å². The molecule has 0 atom stereocenters. The van der Waals surface area contributed by atoms with Crippen LogP contribution in [0.5, 0.6) is 0 Å². The molecule has 2 rings (SSSR count). The maximum Gasteiger partial charge on any atom is 0.105 e. The molecule has 1 aromatic heterocycles. The molecule has 3 heteroatoms. The highest BCUT2D eigenvalue weighted by molar-refractivity contribution is 7.00. The lowest BCUT2D eigenvalue weighted by Gasteiger charge is -1.92. The molecule has 15 heavy (non-hydrogen) atoms. The van der Waals surface area contributed by atoms with Crippen molar-refractivity contribution in [1.82, 2.24) is 8.75 Å². The van der Waals surface area contributed by atoms with Crippen LogP contribution in [0.2, 0.25) is 0 Å². The van der Waals surface area contributed by atoms with Crippen molar-refractivity contribution in [3.8, 4) is 0 Å². The fourth-order valence-electron chi connectivity index (χ4n) is 1.05. The van der Waals surface area contributed by atoms with Crippen molar-refractivity contribution in [3.05, 3.63) is 23.8 Å². The van der Waals surface area contributed by atoms with Crippen LogP contribution in [-0.2, 0) is 6.42 Å². The molecule has 0 N–H and O–H groups in total. The highest BCUT2D eigenvalue weighted by atomic mass is 32.1. The number of hydrogen-bond donors (Lipinski definition) is 0. The van der Waals surface area contributed by atoms with Gasteiger partial charge in [-0.1, -0.05) is 40.7 Å². The normalized spacial score (nSPS) is 8.60. The number of fused-ring (bicyclic) bond motifs is 1. The fourth-order valence-corrected chi connectivity index (χ4v) is 1.56. The Kier molecular flexibility index (Phi) is 7.82. The lowest BCUT2D eigenvalue weighted by atomic mass is 10.1. The third-order valence-corrected chi connectivity index (χ3v) is 2.28. The van der Waals surface area contributed by atoms with Crippen molar-refractivity contribution >= 4 is 22.8 Å². The van der Waals surface area contributed by atoms with Gasteiger partial charge in [0.2, 0.25) is 0 Å². The molecule has 0 amide bonds. The number of aromatic nitrogens is 2. The topological polar surface area (TPSA) is 25.8 Å². The SMILES string of the molecule is CC.CC.CCc1ccc2nsnc2c1. The quantitative estimate of drug-likeness (QED) is 0.721. The predicted molar refractivity (Wildman–Crippen MR) is 69.5 cm³/mol. The summed E-state index contributed by atoms with van der Waals surface area (Å²) < 4.78 is 8.28. The molecule has 0 spiro atoms. The van der Waals surface area contributed by atoms with E-state index in [9.17, 15) is 0 Å². The summed E-state index contributed by atoms with van der Waals surface area (Å²) in [6.45, 7) is 10.1. The van der Waals surface area contributed by atoms with E-state index in [0.717, 1.165) is 17.5 Å². The Bertz CT molecular complexity index is 368. The van der Waals surface area contributed by atoms with Gasteiger partial charge in [0, 0.05) is 0 Å². The Balaban J connectivity index is 0.000000442. The van der Waals surface area contributed by atoms with Gasteiger partial charge in [0.1, 0.15) is 11.0 Å². The second kappa shape index (κ2) is 8.36. The van der Waals surface area contributed by atoms with Gasteiger partial charge in [-0.25, -0.2) is 0 Å². The molecule has 84 valence electrons. The summed E-state index contributed by atoms with van der Waals surface area (Å²) in [4.78, 5) is 0. The molecule has 1 aromatic carbocycles. The molecule has 0 aliphatic rings. The standard InChI is InChI=1S/C8H8N2S.2C2H6/c1-2-6-3-4-7-8(5-6)10-11-9-7;2*1-2/h3-5H,2H2,1H3;2*1-2H3. The molecule has 0 unspecified atom stereocenters. The molecular weight excluding hydrogens is 204 g/mol. The first-order valence-corrected chi connectivity index (χ1v) is 6.34. The summed E-state index contributed by atoms with van der Waals surface area (Å²) in [5.41, 5.74) is 3.35. The van der Waals surface area contributed by atoms with Crippen LogP contribution in [-0.4, -0.2) is 8.75 Å². The molecule has 0 saturated carbocycles. The molecule has 1 heterocycles. The number of aryl methyl sites for hydroxylation is 1. The molecule has 0 radical (unpaired) electrons. The summed E-state index contributed by atoms with van der Waals surface area (Å²) >= 11 is 1.27. The minimum absolute atomic E-state index is 1.01. The van der Waals surface area contributed by atoms with Gasteiger partial charge in [-0.2, -0.15) is 8.75 Å². The minimum Gasteiger partial charge on any atom is -0.173 e. The van der Waals surface area contributed by atoms with E-state index >= 15 is 0 Å². The maximum absolute atomic E-state index is 4.16. The van der Waals surface area contributed by atoms with E-state index in [4.69, 9.17) is 0 Å². The van der Waals surface area contributed by atoms with Crippen molar-refractivity contribution in [2.75, 3.05) is 0 Å². The molecule has 2 aromatic rings. The smallest absolute Gasteiger partial charge is 0.105 e. The zero-order chi connectivity index (χ0) is 11.7. The molecule has 2 nitrogen and oxygen atoms in total. The predicted octanol–water partition coefficient (Wildman–Crippen LogP) is 4.31. The summed E-state index contributed by atoms with van der Waals surface area (Å²) in [6, 6.07) is 6.22. The first-order chi connectivity index (χ1) is 7.40. The summed E-state index contributed by atoms with van der Waals surface area (Å²) in [5.74, 6) is 0. The van der Waals surface area contributed by atoms with E-state index in [0.29, 0.717) is 0 Å². The molecule has 0 aliphatic heterocycles. The van der Waals surface area contributed by atoms with Crippen molar-refractivity contribution < 1.29 is 0 Å². The highest BCUT2D eigenvalue weighted by Crippen LogP contribution is 2.13. The van der Waals surface area contributed by atoms with Gasteiger partial charge in [0.05, 0.1) is 11.7 Å². The zero-order valence-corrected chi connectivity index (χ0v) is 11.1. The van der Waals surface area contributed by atoms with Gasteiger partial charge >= 0.3 is 0 Å². The van der Waals surface area contributed by atoms with Crippen molar-refractivity contribution in [3.63, 3.8) is 0 Å². The van der Waals surface area contributed by atoms with Gasteiger partial charge in [0.15, 0.2) is 0 Å². The van der Waals surface area contributed by atoms with Gasteiger partial charge in [-0.15, -0.1) is 0 Å². The van der Waals surface area contributed by atoms with Crippen LogP contribution in [0.3, 0.4) is 0 Å². The Hall–Kier alpha value is -0.960. The van der Waals surface area contributed by atoms with Gasteiger partial charge in [-0.3, -0.25) is 0 Å². The third-order valence-electron chi connectivity index (χ3n) is 1.73. The summed E-state index contributed by atoms with van der Waals surface area (Å²) in [7, 11) is 0. The third kappa shape index (κ3) is 3.96. The first kappa shape index (κ1) is 14.0. The Morgan fingerprint density at radius 3 is 2.20 bits per heavy atom. The van der Waals surface area contributed by atoms with Crippen LogP contribution in [0, 0.1) is 0 Å². The van der Waals surface area contributed by atoms with Crippen LogP contribution in [0.1, 0.15) is 40.2 Å². The average Bonchev–Trinajstić information content (AvgIpc) is 2.81. The first-order valence-electron chi connectivity index (χ1n) is 5.61. The lowest BCUT2D eigenvalue weighted by molar-refractivity contribution is 1.14. The Labute approximate surface area is 96.7 Å².